The van der Waals surface area contributed by atoms with Gasteiger partial charge < -0.3 is 5.73 Å². The van der Waals surface area contributed by atoms with E-state index in [0.29, 0.717) is 16.5 Å². The molecule has 2 N–H and O–H groups in total. The Kier molecular flexibility index (Phi) is 2.79. The van der Waals surface area contributed by atoms with E-state index in [9.17, 15) is 0 Å². The van der Waals surface area contributed by atoms with Gasteiger partial charge in [0.15, 0.2) is 0 Å². The monoisotopic (exact) mass is 233 g/mol. The predicted octanol–water partition coefficient (Wildman–Crippen LogP) is 3.00. The van der Waals surface area contributed by atoms with Crippen molar-refractivity contribution in [3.63, 3.8) is 0 Å². The van der Waals surface area contributed by atoms with Gasteiger partial charge in [0.25, 0.3) is 0 Å². The summed E-state index contributed by atoms with van der Waals surface area (Å²) in [4.78, 5) is 8.70. The third-order valence-corrected chi connectivity index (χ3v) is 2.70. The molecule has 82 valence electrons. The second-order valence-electron chi connectivity index (χ2n) is 3.64. The fourth-order valence-electron chi connectivity index (χ4n) is 1.44. The first-order valence-corrected chi connectivity index (χ1v) is 5.32. The number of aryl methyl sites for hydroxylation is 2. The number of hydrogen-bond donors (Lipinski definition) is 1. The van der Waals surface area contributed by atoms with Crippen molar-refractivity contribution in [3.8, 4) is 11.3 Å². The minimum Gasteiger partial charge on any atom is -0.382 e. The number of nitrogens with zero attached hydrogens (tertiary/aromatic N) is 2. The molecule has 0 amide bonds. The van der Waals surface area contributed by atoms with Crippen LogP contribution in [0.25, 0.3) is 11.3 Å². The third-order valence-electron chi connectivity index (χ3n) is 2.45. The van der Waals surface area contributed by atoms with E-state index in [0.717, 1.165) is 17.0 Å². The molecule has 0 radical (unpaired) electrons. The minimum atomic E-state index is 0.449. The van der Waals surface area contributed by atoms with E-state index in [-0.39, 0.29) is 0 Å². The van der Waals surface area contributed by atoms with Crippen molar-refractivity contribution in [2.24, 2.45) is 0 Å². The number of anilines is 1. The average molecular weight is 234 g/mol. The van der Waals surface area contributed by atoms with Crippen LogP contribution in [0.3, 0.4) is 0 Å². The Morgan fingerprint density at radius 3 is 2.19 bits per heavy atom. The van der Waals surface area contributed by atoms with E-state index in [1.807, 2.05) is 38.1 Å². The molecule has 2 rings (SSSR count). The molecule has 2 aromatic rings. The minimum absolute atomic E-state index is 0.449. The predicted molar refractivity (Wildman–Crippen MR) is 66.4 cm³/mol. The van der Waals surface area contributed by atoms with Gasteiger partial charge in [-0.15, -0.1) is 0 Å². The topological polar surface area (TPSA) is 51.8 Å². The Labute approximate surface area is 99.3 Å². The van der Waals surface area contributed by atoms with Crippen LogP contribution in [-0.4, -0.2) is 9.97 Å². The Hall–Kier alpha value is -1.61. The summed E-state index contributed by atoms with van der Waals surface area (Å²) in [5.74, 6) is 0.449. The van der Waals surface area contributed by atoms with E-state index in [1.54, 1.807) is 0 Å². The molecule has 0 spiro atoms. The van der Waals surface area contributed by atoms with Gasteiger partial charge in [-0.2, -0.15) is 0 Å². The Bertz CT molecular complexity index is 521. The van der Waals surface area contributed by atoms with Crippen LogP contribution in [-0.2, 0) is 0 Å². The van der Waals surface area contributed by atoms with Crippen molar-refractivity contribution in [2.75, 3.05) is 5.73 Å². The lowest BCUT2D eigenvalue weighted by Crippen LogP contribution is -2.01. The Morgan fingerprint density at radius 2 is 1.56 bits per heavy atom. The fourth-order valence-corrected chi connectivity index (χ4v) is 1.57. The van der Waals surface area contributed by atoms with Gasteiger partial charge in [-0.05, 0) is 26.0 Å². The summed E-state index contributed by atoms with van der Waals surface area (Å²) >= 11 is 5.83. The summed E-state index contributed by atoms with van der Waals surface area (Å²) in [5.41, 5.74) is 9.23. The molecule has 0 aliphatic heterocycles. The highest BCUT2D eigenvalue weighted by Gasteiger charge is 2.08. The molecule has 1 aromatic carbocycles. The zero-order valence-electron chi connectivity index (χ0n) is 9.16. The van der Waals surface area contributed by atoms with Crippen LogP contribution in [0.4, 0.5) is 5.82 Å². The molecule has 0 unspecified atom stereocenters. The number of nitrogens with two attached hydrogens (primary N) is 1. The molecule has 0 fully saturated rings. The average Bonchev–Trinajstić information content (AvgIpc) is 2.25. The third kappa shape index (κ3) is 1.99. The Balaban J connectivity index is 2.56. The number of aromatic nitrogens is 2. The molecular formula is C12H12ClN3. The molecule has 3 nitrogen and oxygen atoms in total. The van der Waals surface area contributed by atoms with Gasteiger partial charge in [0.2, 0.25) is 0 Å². The molecule has 0 bridgehead atoms. The maximum atomic E-state index is 5.85. The highest BCUT2D eigenvalue weighted by atomic mass is 35.5. The van der Waals surface area contributed by atoms with Gasteiger partial charge in [-0.1, -0.05) is 23.7 Å². The molecule has 16 heavy (non-hydrogen) atoms. The van der Waals surface area contributed by atoms with Crippen LogP contribution in [0.5, 0.6) is 0 Å². The number of nitrogen functional groups attached to an aromatic ring is 1. The van der Waals surface area contributed by atoms with Crippen LogP contribution >= 0.6 is 11.6 Å². The summed E-state index contributed by atoms with van der Waals surface area (Å²) in [7, 11) is 0. The van der Waals surface area contributed by atoms with Crippen LogP contribution in [0.1, 0.15) is 11.4 Å². The van der Waals surface area contributed by atoms with Crippen molar-refractivity contribution in [2.45, 2.75) is 13.8 Å². The second kappa shape index (κ2) is 4.10. The largest absolute Gasteiger partial charge is 0.382 e. The number of hydrogen-bond acceptors (Lipinski definition) is 3. The molecule has 0 atom stereocenters. The van der Waals surface area contributed by atoms with Crippen molar-refractivity contribution in [1.29, 1.82) is 0 Å². The van der Waals surface area contributed by atoms with E-state index >= 15 is 0 Å². The van der Waals surface area contributed by atoms with Crippen LogP contribution in [0.2, 0.25) is 5.02 Å². The van der Waals surface area contributed by atoms with Gasteiger partial charge in [0.05, 0.1) is 11.4 Å². The van der Waals surface area contributed by atoms with Gasteiger partial charge in [-0.3, -0.25) is 0 Å². The van der Waals surface area contributed by atoms with Gasteiger partial charge in [0.1, 0.15) is 11.5 Å². The van der Waals surface area contributed by atoms with Gasteiger partial charge in [-0.25, -0.2) is 9.97 Å². The van der Waals surface area contributed by atoms with Crippen molar-refractivity contribution >= 4 is 17.4 Å². The van der Waals surface area contributed by atoms with E-state index < -0.39 is 0 Å². The molecule has 0 saturated heterocycles. The molecule has 4 heteroatoms. The van der Waals surface area contributed by atoms with Crippen molar-refractivity contribution < 1.29 is 0 Å². The first-order valence-electron chi connectivity index (χ1n) is 4.94. The summed E-state index contributed by atoms with van der Waals surface area (Å²) in [6.07, 6.45) is 0. The van der Waals surface area contributed by atoms with Crippen LogP contribution in [0, 0.1) is 13.8 Å². The molecule has 1 heterocycles. The van der Waals surface area contributed by atoms with E-state index in [4.69, 9.17) is 17.3 Å². The standard InChI is InChI=1S/C12H12ClN3/c1-7-8(2)16-12(14)11(15-7)9-3-5-10(13)6-4-9/h3-6H,1-2H3,(H2,14,16). The number of benzene rings is 1. The lowest BCUT2D eigenvalue weighted by Gasteiger charge is -2.07. The zero-order chi connectivity index (χ0) is 11.7. The first kappa shape index (κ1) is 10.9. The van der Waals surface area contributed by atoms with E-state index in [1.165, 1.54) is 0 Å². The summed E-state index contributed by atoms with van der Waals surface area (Å²) in [6, 6.07) is 7.40. The zero-order valence-corrected chi connectivity index (χ0v) is 9.92. The quantitative estimate of drug-likeness (QED) is 0.824. The highest BCUT2D eigenvalue weighted by Crippen LogP contribution is 2.24. The number of halogens is 1. The molecule has 1 aromatic heterocycles. The maximum absolute atomic E-state index is 5.85. The van der Waals surface area contributed by atoms with Crippen LogP contribution < -0.4 is 5.73 Å². The molecule has 0 aliphatic carbocycles. The van der Waals surface area contributed by atoms with Crippen molar-refractivity contribution in [1.82, 2.24) is 9.97 Å². The lowest BCUT2D eigenvalue weighted by molar-refractivity contribution is 1.06. The summed E-state index contributed by atoms with van der Waals surface area (Å²) < 4.78 is 0. The lowest BCUT2D eigenvalue weighted by atomic mass is 10.1. The number of rotatable bonds is 1. The maximum Gasteiger partial charge on any atom is 0.150 e. The first-order chi connectivity index (χ1) is 7.58. The van der Waals surface area contributed by atoms with Gasteiger partial charge in [0, 0.05) is 10.6 Å². The van der Waals surface area contributed by atoms with Gasteiger partial charge >= 0.3 is 0 Å². The van der Waals surface area contributed by atoms with E-state index in [2.05, 4.69) is 9.97 Å². The Morgan fingerprint density at radius 1 is 1.00 bits per heavy atom. The fraction of sp³-hybridized carbons (Fsp3) is 0.167. The summed E-state index contributed by atoms with van der Waals surface area (Å²) in [5, 5.41) is 0.694. The second-order valence-corrected chi connectivity index (χ2v) is 4.07. The molecule has 0 saturated carbocycles. The molecular weight excluding hydrogens is 222 g/mol. The normalized spacial score (nSPS) is 10.4. The smallest absolute Gasteiger partial charge is 0.150 e. The molecule has 0 aliphatic rings. The SMILES string of the molecule is Cc1nc(N)c(-c2ccc(Cl)cc2)nc1C. The summed E-state index contributed by atoms with van der Waals surface area (Å²) in [6.45, 7) is 3.81. The highest BCUT2D eigenvalue weighted by molar-refractivity contribution is 6.30. The van der Waals surface area contributed by atoms with Crippen LogP contribution in [0.15, 0.2) is 24.3 Å². The van der Waals surface area contributed by atoms with Crippen molar-refractivity contribution in [3.05, 3.63) is 40.7 Å².